The molecule has 2 N–H and O–H groups in total. The van der Waals surface area contributed by atoms with Crippen molar-refractivity contribution >= 4 is 40.9 Å². The summed E-state index contributed by atoms with van der Waals surface area (Å²) < 4.78 is 24.5. The Morgan fingerprint density at radius 1 is 1.28 bits per heavy atom. The van der Waals surface area contributed by atoms with Crippen molar-refractivity contribution in [2.75, 3.05) is 26.3 Å². The summed E-state index contributed by atoms with van der Waals surface area (Å²) in [6.45, 7) is 9.38. The number of hydrogen-bond donors (Lipinski definition) is 2. The first-order valence-corrected chi connectivity index (χ1v) is 8.43. The fourth-order valence-electron chi connectivity index (χ4n) is 2.41. The van der Waals surface area contributed by atoms with Gasteiger partial charge in [0.05, 0.1) is 0 Å². The molecule has 25 heavy (non-hydrogen) atoms. The van der Waals surface area contributed by atoms with Crippen molar-refractivity contribution in [2.45, 2.75) is 33.7 Å². The normalized spacial score (nSPS) is 11.4. The minimum atomic E-state index is -0.259. The van der Waals surface area contributed by atoms with Crippen molar-refractivity contribution in [3.8, 4) is 0 Å². The third-order valence-corrected chi connectivity index (χ3v) is 3.68. The Balaban J connectivity index is 0.00000312. The van der Waals surface area contributed by atoms with Gasteiger partial charge in [-0.25, -0.2) is 9.38 Å². The first kappa shape index (κ1) is 21.7. The molecule has 0 unspecified atom stereocenters. The molecule has 0 saturated heterocycles. The van der Waals surface area contributed by atoms with Gasteiger partial charge in [-0.1, -0.05) is 0 Å². The second-order valence-electron chi connectivity index (χ2n) is 5.46. The van der Waals surface area contributed by atoms with E-state index in [0.717, 1.165) is 55.4 Å². The number of benzene rings is 1. The van der Waals surface area contributed by atoms with E-state index in [9.17, 15) is 4.39 Å². The first-order valence-electron chi connectivity index (χ1n) is 8.43. The third-order valence-electron chi connectivity index (χ3n) is 3.68. The zero-order chi connectivity index (χ0) is 17.4. The maximum absolute atomic E-state index is 13.4. The Morgan fingerprint density at radius 2 is 2.08 bits per heavy atom. The lowest BCUT2D eigenvalue weighted by atomic mass is 10.1. The summed E-state index contributed by atoms with van der Waals surface area (Å²) in [6.07, 6.45) is 0.918. The molecule has 0 spiro atoms. The van der Waals surface area contributed by atoms with Gasteiger partial charge in [0.25, 0.3) is 0 Å². The third kappa shape index (κ3) is 6.47. The van der Waals surface area contributed by atoms with E-state index in [1.54, 1.807) is 6.07 Å². The molecule has 1 aromatic heterocycles. The molecule has 1 heterocycles. The number of furan rings is 1. The Labute approximate surface area is 165 Å². The second kappa shape index (κ2) is 11.3. The van der Waals surface area contributed by atoms with E-state index >= 15 is 0 Å². The molecule has 2 aromatic rings. The highest BCUT2D eigenvalue weighted by molar-refractivity contribution is 14.0. The molecule has 0 bridgehead atoms. The highest BCUT2D eigenvalue weighted by atomic mass is 127. The smallest absolute Gasteiger partial charge is 0.191 e. The van der Waals surface area contributed by atoms with Crippen LogP contribution in [0.25, 0.3) is 11.0 Å². The minimum Gasteiger partial charge on any atom is -0.459 e. The van der Waals surface area contributed by atoms with Crippen molar-refractivity contribution in [3.05, 3.63) is 35.3 Å². The molecule has 0 aliphatic heterocycles. The standard InChI is InChI=1S/C18H26FN3O2.HI/c1-4-20-18(21-9-6-10-23-5-2)22-12-17-13(3)15-11-14(19)7-8-16(15)24-17;/h7-8,11H,4-6,9-10,12H2,1-3H3,(H2,20,21,22);1H. The number of halogens is 2. The van der Waals surface area contributed by atoms with E-state index in [2.05, 4.69) is 15.6 Å². The van der Waals surface area contributed by atoms with Crippen LogP contribution in [0.15, 0.2) is 27.6 Å². The zero-order valence-electron chi connectivity index (χ0n) is 15.0. The number of hydrogen-bond acceptors (Lipinski definition) is 3. The first-order chi connectivity index (χ1) is 11.7. The number of aryl methyl sites for hydroxylation is 1. The van der Waals surface area contributed by atoms with Gasteiger partial charge in [0, 0.05) is 37.3 Å². The molecule has 7 heteroatoms. The lowest BCUT2D eigenvalue weighted by Gasteiger charge is -2.11. The van der Waals surface area contributed by atoms with Gasteiger partial charge in [-0.15, -0.1) is 24.0 Å². The fraction of sp³-hybridized carbons (Fsp3) is 0.500. The van der Waals surface area contributed by atoms with Crippen LogP contribution in [0.1, 0.15) is 31.6 Å². The zero-order valence-corrected chi connectivity index (χ0v) is 17.4. The van der Waals surface area contributed by atoms with E-state index in [-0.39, 0.29) is 29.8 Å². The number of nitrogens with one attached hydrogen (secondary N) is 2. The van der Waals surface area contributed by atoms with Crippen molar-refractivity contribution in [2.24, 2.45) is 4.99 Å². The predicted molar refractivity (Wildman–Crippen MR) is 110 cm³/mol. The molecule has 1 aromatic carbocycles. The van der Waals surface area contributed by atoms with Crippen molar-refractivity contribution < 1.29 is 13.5 Å². The SMILES string of the molecule is CCNC(=NCc1oc2ccc(F)cc2c1C)NCCCOCC.I. The fourth-order valence-corrected chi connectivity index (χ4v) is 2.41. The highest BCUT2D eigenvalue weighted by Crippen LogP contribution is 2.26. The topological polar surface area (TPSA) is 58.8 Å². The molecule has 0 saturated carbocycles. The van der Waals surface area contributed by atoms with Gasteiger partial charge in [-0.3, -0.25) is 0 Å². The summed E-state index contributed by atoms with van der Waals surface area (Å²) in [5.41, 5.74) is 1.62. The van der Waals surface area contributed by atoms with Crippen LogP contribution in [0.4, 0.5) is 4.39 Å². The van der Waals surface area contributed by atoms with Gasteiger partial charge < -0.3 is 19.8 Å². The summed E-state index contributed by atoms with van der Waals surface area (Å²) >= 11 is 0. The summed E-state index contributed by atoms with van der Waals surface area (Å²) in [4.78, 5) is 4.55. The summed E-state index contributed by atoms with van der Waals surface area (Å²) in [5.74, 6) is 1.23. The number of ether oxygens (including phenoxy) is 1. The maximum Gasteiger partial charge on any atom is 0.191 e. The molecule has 5 nitrogen and oxygen atoms in total. The van der Waals surface area contributed by atoms with Crippen molar-refractivity contribution in [1.29, 1.82) is 0 Å². The molecule has 140 valence electrons. The molecule has 0 aliphatic rings. The molecular weight excluding hydrogens is 436 g/mol. The van der Waals surface area contributed by atoms with Crippen LogP contribution in [0.2, 0.25) is 0 Å². The van der Waals surface area contributed by atoms with Crippen LogP contribution in [0.5, 0.6) is 0 Å². The van der Waals surface area contributed by atoms with Gasteiger partial charge >= 0.3 is 0 Å². The number of rotatable bonds is 8. The molecule has 0 aliphatic carbocycles. The molecule has 2 rings (SSSR count). The second-order valence-corrected chi connectivity index (χ2v) is 5.46. The van der Waals surface area contributed by atoms with Gasteiger partial charge in [-0.2, -0.15) is 0 Å². The number of guanidine groups is 1. The van der Waals surface area contributed by atoms with E-state index in [0.29, 0.717) is 12.1 Å². The Bertz CT molecular complexity index is 688. The van der Waals surface area contributed by atoms with Crippen LogP contribution >= 0.6 is 24.0 Å². The van der Waals surface area contributed by atoms with Crippen molar-refractivity contribution in [1.82, 2.24) is 10.6 Å². The molecule has 0 radical (unpaired) electrons. The average molecular weight is 463 g/mol. The largest absolute Gasteiger partial charge is 0.459 e. The van der Waals surface area contributed by atoms with Gasteiger partial charge in [0.1, 0.15) is 23.7 Å². The van der Waals surface area contributed by atoms with Crippen LogP contribution < -0.4 is 10.6 Å². The lowest BCUT2D eigenvalue weighted by Crippen LogP contribution is -2.38. The van der Waals surface area contributed by atoms with Gasteiger partial charge in [0.15, 0.2) is 5.96 Å². The summed E-state index contributed by atoms with van der Waals surface area (Å²) in [7, 11) is 0. The van der Waals surface area contributed by atoms with Gasteiger partial charge in [-0.05, 0) is 45.4 Å². The summed E-state index contributed by atoms with van der Waals surface area (Å²) in [5, 5.41) is 7.27. The predicted octanol–water partition coefficient (Wildman–Crippen LogP) is 3.98. The molecule has 0 fully saturated rings. The minimum absolute atomic E-state index is 0. The van der Waals surface area contributed by atoms with E-state index in [1.807, 2.05) is 20.8 Å². The number of fused-ring (bicyclic) bond motifs is 1. The average Bonchev–Trinajstić information content (AvgIpc) is 2.88. The van der Waals surface area contributed by atoms with Crippen molar-refractivity contribution in [3.63, 3.8) is 0 Å². The maximum atomic E-state index is 13.4. The highest BCUT2D eigenvalue weighted by Gasteiger charge is 2.11. The number of aliphatic imine (C=N–C) groups is 1. The molecule has 0 amide bonds. The van der Waals surface area contributed by atoms with E-state index in [1.165, 1.54) is 12.1 Å². The Kier molecular flexibility index (Phi) is 9.81. The van der Waals surface area contributed by atoms with Crippen LogP contribution in [0, 0.1) is 12.7 Å². The van der Waals surface area contributed by atoms with Crippen LogP contribution in [-0.4, -0.2) is 32.3 Å². The summed E-state index contributed by atoms with van der Waals surface area (Å²) in [6, 6.07) is 4.56. The Hall–Kier alpha value is -1.35. The van der Waals surface area contributed by atoms with Crippen LogP contribution in [0.3, 0.4) is 0 Å². The molecule has 0 atom stereocenters. The molecular formula is C18H27FIN3O2. The number of nitrogens with zero attached hydrogens (tertiary/aromatic N) is 1. The lowest BCUT2D eigenvalue weighted by molar-refractivity contribution is 0.145. The van der Waals surface area contributed by atoms with Gasteiger partial charge in [0.2, 0.25) is 0 Å². The monoisotopic (exact) mass is 463 g/mol. The van der Waals surface area contributed by atoms with E-state index in [4.69, 9.17) is 9.15 Å². The quantitative estimate of drug-likeness (QED) is 0.269. The Morgan fingerprint density at radius 3 is 2.80 bits per heavy atom. The van der Waals surface area contributed by atoms with E-state index < -0.39 is 0 Å². The van der Waals surface area contributed by atoms with Crippen LogP contribution in [-0.2, 0) is 11.3 Å².